The minimum absolute atomic E-state index is 0.170. The average molecular weight is 352 g/mol. The van der Waals surface area contributed by atoms with Crippen LogP contribution < -0.4 is 10.1 Å². The Bertz CT molecular complexity index is 895. The predicted molar refractivity (Wildman–Crippen MR) is 94.5 cm³/mol. The summed E-state index contributed by atoms with van der Waals surface area (Å²) >= 11 is 0. The lowest BCUT2D eigenvalue weighted by Crippen LogP contribution is -2.28. The van der Waals surface area contributed by atoms with Crippen LogP contribution in [0.15, 0.2) is 67.3 Å². The van der Waals surface area contributed by atoms with Crippen LogP contribution in [0.5, 0.6) is 5.75 Å². The van der Waals surface area contributed by atoms with Gasteiger partial charge in [-0.15, -0.1) is 0 Å². The zero-order chi connectivity index (χ0) is 18.4. The van der Waals surface area contributed by atoms with Gasteiger partial charge in [-0.05, 0) is 24.3 Å². The zero-order valence-electron chi connectivity index (χ0n) is 13.7. The predicted octanol–water partition coefficient (Wildman–Crippen LogP) is 2.59. The molecule has 0 saturated heterocycles. The summed E-state index contributed by atoms with van der Waals surface area (Å²) in [5.41, 5.74) is 0.382. The molecular formula is C18H16N4O4. The van der Waals surface area contributed by atoms with Crippen molar-refractivity contribution in [3.05, 3.63) is 82.9 Å². The van der Waals surface area contributed by atoms with Crippen molar-refractivity contribution in [2.45, 2.75) is 0 Å². The molecule has 0 aliphatic heterocycles. The van der Waals surface area contributed by atoms with Crippen LogP contribution in [0.25, 0.3) is 5.69 Å². The average Bonchev–Trinajstić information content (AvgIpc) is 3.20. The molecule has 0 radical (unpaired) electrons. The molecule has 3 rings (SSSR count). The van der Waals surface area contributed by atoms with Gasteiger partial charge in [0.2, 0.25) is 0 Å². The fourth-order valence-electron chi connectivity index (χ4n) is 2.38. The van der Waals surface area contributed by atoms with E-state index in [1.807, 2.05) is 30.3 Å². The number of nitrogens with one attached hydrogen (secondary N) is 1. The summed E-state index contributed by atoms with van der Waals surface area (Å²) in [6.07, 6.45) is 4.59. The van der Waals surface area contributed by atoms with Crippen LogP contribution in [0.2, 0.25) is 0 Å². The second kappa shape index (κ2) is 7.93. The largest absolute Gasteiger partial charge is 0.492 e. The third kappa shape index (κ3) is 4.04. The van der Waals surface area contributed by atoms with Gasteiger partial charge in [0.1, 0.15) is 18.0 Å². The van der Waals surface area contributed by atoms with Crippen LogP contribution in [0.1, 0.15) is 10.4 Å². The first kappa shape index (κ1) is 17.2. The highest BCUT2D eigenvalue weighted by Crippen LogP contribution is 2.24. The Kier molecular flexibility index (Phi) is 5.23. The SMILES string of the molecule is O=C(NCCOc1ccccc1)c1ccc(-n2ccnc2)c([N+](=O)[O-])c1. The number of carbonyl (C=O) groups excluding carboxylic acids is 1. The van der Waals surface area contributed by atoms with Gasteiger partial charge < -0.3 is 14.6 Å². The van der Waals surface area contributed by atoms with Gasteiger partial charge in [-0.2, -0.15) is 0 Å². The fourth-order valence-corrected chi connectivity index (χ4v) is 2.38. The molecule has 0 fully saturated rings. The van der Waals surface area contributed by atoms with Crippen molar-refractivity contribution in [2.24, 2.45) is 0 Å². The molecular weight excluding hydrogens is 336 g/mol. The Hall–Kier alpha value is -3.68. The van der Waals surface area contributed by atoms with E-state index in [0.29, 0.717) is 18.0 Å². The Morgan fingerprint density at radius 2 is 2.04 bits per heavy atom. The molecule has 26 heavy (non-hydrogen) atoms. The van der Waals surface area contributed by atoms with Gasteiger partial charge in [-0.25, -0.2) is 4.98 Å². The first-order chi connectivity index (χ1) is 12.6. The number of nitro benzene ring substituents is 1. The van der Waals surface area contributed by atoms with Gasteiger partial charge in [0.15, 0.2) is 0 Å². The Labute approximate surface area is 149 Å². The zero-order valence-corrected chi connectivity index (χ0v) is 13.7. The van der Waals surface area contributed by atoms with E-state index in [1.165, 1.54) is 35.3 Å². The molecule has 0 aliphatic carbocycles. The number of hydrogen-bond donors (Lipinski definition) is 1. The van der Waals surface area contributed by atoms with Crippen LogP contribution in [0.3, 0.4) is 0 Å². The van der Waals surface area contributed by atoms with Gasteiger partial charge >= 0.3 is 0 Å². The number of amides is 1. The number of imidazole rings is 1. The highest BCUT2D eigenvalue weighted by Gasteiger charge is 2.18. The second-order valence-electron chi connectivity index (χ2n) is 5.35. The fraction of sp³-hybridized carbons (Fsp3) is 0.111. The van der Waals surface area contributed by atoms with Crippen molar-refractivity contribution < 1.29 is 14.5 Å². The molecule has 1 heterocycles. The molecule has 0 bridgehead atoms. The van der Waals surface area contributed by atoms with Gasteiger partial charge in [-0.1, -0.05) is 18.2 Å². The van der Waals surface area contributed by atoms with E-state index in [1.54, 1.807) is 6.20 Å². The number of rotatable bonds is 7. The molecule has 0 saturated carbocycles. The molecule has 3 aromatic rings. The Morgan fingerprint density at radius 1 is 1.23 bits per heavy atom. The number of para-hydroxylation sites is 1. The summed E-state index contributed by atoms with van der Waals surface area (Å²) < 4.78 is 7.01. The van der Waals surface area contributed by atoms with E-state index in [2.05, 4.69) is 10.3 Å². The van der Waals surface area contributed by atoms with Crippen LogP contribution in [0, 0.1) is 10.1 Å². The number of nitro groups is 1. The maximum atomic E-state index is 12.2. The van der Waals surface area contributed by atoms with Crippen molar-refractivity contribution in [1.82, 2.24) is 14.9 Å². The van der Waals surface area contributed by atoms with E-state index < -0.39 is 10.8 Å². The number of ether oxygens (including phenoxy) is 1. The minimum atomic E-state index is -0.523. The van der Waals surface area contributed by atoms with E-state index >= 15 is 0 Å². The number of aromatic nitrogens is 2. The number of nitrogens with zero attached hydrogens (tertiary/aromatic N) is 3. The van der Waals surface area contributed by atoms with E-state index in [-0.39, 0.29) is 17.8 Å². The van der Waals surface area contributed by atoms with E-state index in [9.17, 15) is 14.9 Å². The quantitative estimate of drug-likeness (QED) is 0.400. The molecule has 0 spiro atoms. The molecule has 0 aliphatic rings. The lowest BCUT2D eigenvalue weighted by molar-refractivity contribution is -0.384. The standard InChI is InChI=1S/C18H16N4O4/c23-18(20-9-11-26-15-4-2-1-3-5-15)14-6-7-16(17(12-14)22(24)25)21-10-8-19-13-21/h1-8,10,12-13H,9,11H2,(H,20,23). The van der Waals surface area contributed by atoms with Crippen molar-refractivity contribution >= 4 is 11.6 Å². The van der Waals surface area contributed by atoms with Gasteiger partial charge in [0.05, 0.1) is 17.8 Å². The third-order valence-corrected chi connectivity index (χ3v) is 3.62. The summed E-state index contributed by atoms with van der Waals surface area (Å²) in [5, 5.41) is 14.0. The van der Waals surface area contributed by atoms with E-state index in [4.69, 9.17) is 4.74 Å². The van der Waals surface area contributed by atoms with E-state index in [0.717, 1.165) is 0 Å². The monoisotopic (exact) mass is 352 g/mol. The smallest absolute Gasteiger partial charge is 0.294 e. The molecule has 8 nitrogen and oxygen atoms in total. The number of carbonyl (C=O) groups is 1. The normalized spacial score (nSPS) is 10.3. The molecule has 0 unspecified atom stereocenters. The first-order valence-electron chi connectivity index (χ1n) is 7.88. The summed E-state index contributed by atoms with van der Waals surface area (Å²) in [5.74, 6) is 0.309. The van der Waals surface area contributed by atoms with Crippen molar-refractivity contribution in [1.29, 1.82) is 0 Å². The van der Waals surface area contributed by atoms with Crippen molar-refractivity contribution in [3.8, 4) is 11.4 Å². The maximum Gasteiger partial charge on any atom is 0.294 e. The molecule has 1 aromatic heterocycles. The highest BCUT2D eigenvalue weighted by molar-refractivity contribution is 5.95. The molecule has 1 N–H and O–H groups in total. The molecule has 2 aromatic carbocycles. The Balaban J connectivity index is 1.64. The summed E-state index contributed by atoms with van der Waals surface area (Å²) in [6.45, 7) is 0.579. The number of benzene rings is 2. The van der Waals surface area contributed by atoms with Crippen LogP contribution >= 0.6 is 0 Å². The maximum absolute atomic E-state index is 12.2. The van der Waals surface area contributed by atoms with Gasteiger partial charge in [0, 0.05) is 24.0 Å². The Morgan fingerprint density at radius 3 is 2.73 bits per heavy atom. The summed E-state index contributed by atoms with van der Waals surface area (Å²) in [6, 6.07) is 13.5. The first-order valence-corrected chi connectivity index (χ1v) is 7.88. The second-order valence-corrected chi connectivity index (χ2v) is 5.35. The summed E-state index contributed by atoms with van der Waals surface area (Å²) in [4.78, 5) is 26.9. The summed E-state index contributed by atoms with van der Waals surface area (Å²) in [7, 11) is 0. The van der Waals surface area contributed by atoms with Crippen LogP contribution in [-0.2, 0) is 0 Å². The molecule has 0 atom stereocenters. The molecule has 8 heteroatoms. The molecule has 132 valence electrons. The van der Waals surface area contributed by atoms with Crippen molar-refractivity contribution in [3.63, 3.8) is 0 Å². The van der Waals surface area contributed by atoms with Gasteiger partial charge in [-0.3, -0.25) is 14.9 Å². The topological polar surface area (TPSA) is 99.3 Å². The third-order valence-electron chi connectivity index (χ3n) is 3.62. The minimum Gasteiger partial charge on any atom is -0.492 e. The lowest BCUT2D eigenvalue weighted by atomic mass is 10.1. The van der Waals surface area contributed by atoms with Crippen LogP contribution in [-0.4, -0.2) is 33.5 Å². The highest BCUT2D eigenvalue weighted by atomic mass is 16.6. The van der Waals surface area contributed by atoms with Gasteiger partial charge in [0.25, 0.3) is 11.6 Å². The van der Waals surface area contributed by atoms with Crippen molar-refractivity contribution in [2.75, 3.05) is 13.2 Å². The molecule has 1 amide bonds. The lowest BCUT2D eigenvalue weighted by Gasteiger charge is -2.09. The number of hydrogen-bond acceptors (Lipinski definition) is 5. The van der Waals surface area contributed by atoms with Crippen LogP contribution in [0.4, 0.5) is 5.69 Å².